The Morgan fingerprint density at radius 2 is 2.00 bits per heavy atom. The third-order valence-electron chi connectivity index (χ3n) is 3.52. The predicted molar refractivity (Wildman–Crippen MR) is 69.7 cm³/mol. The molecule has 1 unspecified atom stereocenters. The molecule has 1 aromatic rings. The lowest BCUT2D eigenvalue weighted by molar-refractivity contribution is 0.0978. The molecule has 19 heavy (non-hydrogen) atoms. The van der Waals surface area contributed by atoms with Gasteiger partial charge in [0.05, 0.1) is 10.8 Å². The summed E-state index contributed by atoms with van der Waals surface area (Å²) in [6, 6.07) is 4.47. The largest absolute Gasteiger partial charge is 0.268 e. The van der Waals surface area contributed by atoms with E-state index in [0.717, 1.165) is 18.4 Å². The minimum atomic E-state index is -3.13. The van der Waals surface area contributed by atoms with Gasteiger partial charge in [0.2, 0.25) is 0 Å². The second-order valence-electron chi connectivity index (χ2n) is 5.24. The second-order valence-corrected chi connectivity index (χ2v) is 7.32. The van der Waals surface area contributed by atoms with Gasteiger partial charge in [0.1, 0.15) is 15.7 Å². The molecule has 0 aromatic heterocycles. The van der Waals surface area contributed by atoms with E-state index in [2.05, 4.69) is 4.72 Å². The van der Waals surface area contributed by atoms with Gasteiger partial charge in [-0.05, 0) is 49.3 Å². The molecule has 2 fully saturated rings. The smallest absolute Gasteiger partial charge is 0.266 e. The highest BCUT2D eigenvalue weighted by Crippen LogP contribution is 2.40. The van der Waals surface area contributed by atoms with Gasteiger partial charge in [-0.1, -0.05) is 6.07 Å². The van der Waals surface area contributed by atoms with Gasteiger partial charge in [0.25, 0.3) is 5.91 Å². The van der Waals surface area contributed by atoms with Crippen molar-refractivity contribution in [2.24, 2.45) is 0 Å². The van der Waals surface area contributed by atoms with Gasteiger partial charge < -0.3 is 0 Å². The number of hydrogen-bond donors (Lipinski definition) is 2. The van der Waals surface area contributed by atoms with Crippen LogP contribution in [0.15, 0.2) is 18.2 Å². The van der Waals surface area contributed by atoms with Crippen molar-refractivity contribution in [1.82, 2.24) is 4.72 Å². The fraction of sp³-hybridized carbons (Fsp3) is 0.462. The Bertz CT molecular complexity index is 634. The number of benzene rings is 1. The maximum atomic E-state index is 13.7. The summed E-state index contributed by atoms with van der Waals surface area (Å²) in [5.74, 6) is -0.962. The van der Waals surface area contributed by atoms with Crippen LogP contribution in [0.1, 0.15) is 47.5 Å². The van der Waals surface area contributed by atoms with Crippen molar-refractivity contribution in [2.45, 2.75) is 36.9 Å². The van der Waals surface area contributed by atoms with Crippen molar-refractivity contribution in [3.8, 4) is 0 Å². The van der Waals surface area contributed by atoms with Crippen molar-refractivity contribution >= 4 is 15.8 Å². The Balaban J connectivity index is 1.84. The number of rotatable bonds is 4. The van der Waals surface area contributed by atoms with E-state index >= 15 is 0 Å². The summed E-state index contributed by atoms with van der Waals surface area (Å²) < 4.78 is 35.4. The van der Waals surface area contributed by atoms with E-state index in [1.54, 1.807) is 6.07 Å². The Labute approximate surface area is 111 Å². The van der Waals surface area contributed by atoms with Crippen LogP contribution in [0.5, 0.6) is 0 Å². The summed E-state index contributed by atoms with van der Waals surface area (Å²) in [5.41, 5.74) is 0.833. The SMILES string of the molecule is N=S(=O)(NC(=O)c1cc(C2CC2)ccc1F)C1CC1. The van der Waals surface area contributed by atoms with Crippen LogP contribution in [-0.2, 0) is 9.92 Å². The molecule has 1 amide bonds. The van der Waals surface area contributed by atoms with Crippen LogP contribution >= 0.6 is 0 Å². The van der Waals surface area contributed by atoms with Gasteiger partial charge in [-0.25, -0.2) is 13.4 Å². The molecule has 1 aromatic carbocycles. The van der Waals surface area contributed by atoms with Crippen molar-refractivity contribution in [3.63, 3.8) is 0 Å². The van der Waals surface area contributed by atoms with Crippen LogP contribution in [0.2, 0.25) is 0 Å². The van der Waals surface area contributed by atoms with E-state index in [-0.39, 0.29) is 10.8 Å². The fourth-order valence-corrected chi connectivity index (χ4v) is 3.42. The van der Waals surface area contributed by atoms with Gasteiger partial charge in [-0.2, -0.15) is 0 Å². The zero-order chi connectivity index (χ0) is 13.6. The van der Waals surface area contributed by atoms with E-state index in [1.807, 2.05) is 0 Å². The van der Waals surface area contributed by atoms with E-state index in [0.29, 0.717) is 18.8 Å². The molecule has 102 valence electrons. The highest BCUT2D eigenvalue weighted by molar-refractivity contribution is 7.92. The van der Waals surface area contributed by atoms with Crippen molar-refractivity contribution < 1.29 is 13.4 Å². The van der Waals surface area contributed by atoms with Gasteiger partial charge in [-0.3, -0.25) is 9.52 Å². The Kier molecular flexibility index (Phi) is 2.85. The van der Waals surface area contributed by atoms with Crippen LogP contribution in [0.3, 0.4) is 0 Å². The maximum Gasteiger partial charge on any atom is 0.266 e. The molecule has 6 heteroatoms. The zero-order valence-corrected chi connectivity index (χ0v) is 11.1. The summed E-state index contributed by atoms with van der Waals surface area (Å²) in [5, 5.41) is -0.272. The topological polar surface area (TPSA) is 70.0 Å². The van der Waals surface area contributed by atoms with Gasteiger partial charge in [-0.15, -0.1) is 0 Å². The molecule has 4 nitrogen and oxygen atoms in total. The zero-order valence-electron chi connectivity index (χ0n) is 10.3. The molecule has 1 atom stereocenters. The van der Waals surface area contributed by atoms with E-state index < -0.39 is 21.6 Å². The summed E-state index contributed by atoms with van der Waals surface area (Å²) in [7, 11) is -3.13. The van der Waals surface area contributed by atoms with Crippen molar-refractivity contribution in [1.29, 1.82) is 4.78 Å². The number of nitrogens with one attached hydrogen (secondary N) is 2. The standard InChI is InChI=1S/C13H15FN2O2S/c14-12-6-3-9(8-1-2-8)7-11(12)13(17)16-19(15,18)10-4-5-10/h3,6-8,10H,1-2,4-5H2,(H2,15,16,17,18). The molecule has 2 aliphatic carbocycles. The van der Waals surface area contributed by atoms with Crippen LogP contribution in [0.4, 0.5) is 4.39 Å². The fourth-order valence-electron chi connectivity index (χ4n) is 2.06. The molecular weight excluding hydrogens is 267 g/mol. The minimum Gasteiger partial charge on any atom is -0.268 e. The Hall–Kier alpha value is -1.43. The van der Waals surface area contributed by atoms with Gasteiger partial charge in [0, 0.05) is 0 Å². The number of carbonyl (C=O) groups excluding carboxylic acids is 1. The average Bonchev–Trinajstić information content (AvgIpc) is 3.18. The monoisotopic (exact) mass is 282 g/mol. The lowest BCUT2D eigenvalue weighted by atomic mass is 10.1. The highest BCUT2D eigenvalue weighted by atomic mass is 32.2. The quantitative estimate of drug-likeness (QED) is 0.891. The lowest BCUT2D eigenvalue weighted by Gasteiger charge is -2.10. The summed E-state index contributed by atoms with van der Waals surface area (Å²) in [6.45, 7) is 0. The van der Waals surface area contributed by atoms with Crippen molar-refractivity contribution in [2.75, 3.05) is 0 Å². The molecule has 0 spiro atoms. The van der Waals surface area contributed by atoms with Gasteiger partial charge in [0.15, 0.2) is 0 Å². The first-order chi connectivity index (χ1) is 8.97. The summed E-state index contributed by atoms with van der Waals surface area (Å²) in [6.07, 6.45) is 3.49. The molecule has 0 aliphatic heterocycles. The summed E-state index contributed by atoms with van der Waals surface area (Å²) >= 11 is 0. The number of halogens is 1. The molecule has 2 saturated carbocycles. The molecule has 0 radical (unpaired) electrons. The second kappa shape index (κ2) is 4.30. The Morgan fingerprint density at radius 1 is 1.32 bits per heavy atom. The first-order valence-corrected chi connectivity index (χ1v) is 7.98. The third kappa shape index (κ3) is 2.63. The van der Waals surface area contributed by atoms with E-state index in [4.69, 9.17) is 4.78 Å². The summed E-state index contributed by atoms with van der Waals surface area (Å²) in [4.78, 5) is 12.0. The highest BCUT2D eigenvalue weighted by Gasteiger charge is 2.34. The third-order valence-corrected chi connectivity index (χ3v) is 5.42. The molecule has 2 aliphatic rings. The van der Waals surface area contributed by atoms with Crippen molar-refractivity contribution in [3.05, 3.63) is 35.1 Å². The normalized spacial score (nSPS) is 21.7. The van der Waals surface area contributed by atoms with Crippen LogP contribution in [-0.4, -0.2) is 15.4 Å². The average molecular weight is 282 g/mol. The maximum absolute atomic E-state index is 13.7. The number of carbonyl (C=O) groups is 1. The lowest BCUT2D eigenvalue weighted by Crippen LogP contribution is -2.32. The Morgan fingerprint density at radius 3 is 2.58 bits per heavy atom. The van der Waals surface area contributed by atoms with Crippen LogP contribution in [0.25, 0.3) is 0 Å². The first-order valence-electron chi connectivity index (χ1n) is 6.36. The molecule has 0 heterocycles. The van der Waals surface area contributed by atoms with Gasteiger partial charge >= 0.3 is 0 Å². The number of amides is 1. The molecule has 0 saturated heterocycles. The van der Waals surface area contributed by atoms with Crippen LogP contribution < -0.4 is 4.72 Å². The predicted octanol–water partition coefficient (Wildman–Crippen LogP) is 2.56. The molecule has 0 bridgehead atoms. The minimum absolute atomic E-state index is 0.106. The van der Waals surface area contributed by atoms with Crippen LogP contribution in [0, 0.1) is 10.6 Å². The molecule has 2 N–H and O–H groups in total. The number of hydrogen-bond acceptors (Lipinski definition) is 3. The van der Waals surface area contributed by atoms with E-state index in [9.17, 15) is 13.4 Å². The molecule has 3 rings (SSSR count). The molecular formula is C13H15FN2O2S. The van der Waals surface area contributed by atoms with E-state index in [1.165, 1.54) is 12.1 Å². The first kappa shape index (κ1) is 12.6.